The number of hydrogen-bond donors (Lipinski definition) is 2. The van der Waals surface area contributed by atoms with Crippen molar-refractivity contribution in [3.8, 4) is 11.5 Å². The van der Waals surface area contributed by atoms with Crippen molar-refractivity contribution in [1.82, 2.24) is 0 Å². The molecule has 0 aliphatic carbocycles. The van der Waals surface area contributed by atoms with Crippen LogP contribution in [0, 0.1) is 0 Å². The Balaban J connectivity index is 0. The molecule has 34 heavy (non-hydrogen) atoms. The number of phenols is 2. The fourth-order valence-electron chi connectivity index (χ4n) is 2.99. The van der Waals surface area contributed by atoms with Crippen molar-refractivity contribution >= 4 is 79.5 Å². The third-order valence-electron chi connectivity index (χ3n) is 4.22. The van der Waals surface area contributed by atoms with E-state index in [0.717, 1.165) is 0 Å². The number of rotatable bonds is 2. The van der Waals surface area contributed by atoms with Gasteiger partial charge in [-0.1, -0.05) is 60.7 Å². The van der Waals surface area contributed by atoms with Gasteiger partial charge in [-0.25, -0.2) is 16.8 Å². The summed E-state index contributed by atoms with van der Waals surface area (Å²) in [5.41, 5.74) is 0. The Morgan fingerprint density at radius 1 is 0.529 bits per heavy atom. The standard InChI is InChI=1S/2C10H8O4S.Ca.3H2O/c2*11-9-6-5-7-3-1-2-4-8(7)10(9)15(12,13)14;;;;/h2*1-6,11H,(H,12,13,14);;3*1H2/q;;+2;;;/p-2. The van der Waals surface area contributed by atoms with E-state index in [2.05, 4.69) is 0 Å². The average Bonchev–Trinajstić information content (AvgIpc) is 2.66. The number of aromatic hydroxyl groups is 2. The molecule has 11 nitrogen and oxygen atoms in total. The summed E-state index contributed by atoms with van der Waals surface area (Å²) in [6.07, 6.45) is 0. The molecular weight excluding hydrogens is 520 g/mol. The maximum atomic E-state index is 11.0. The van der Waals surface area contributed by atoms with Crippen LogP contribution in [0.4, 0.5) is 0 Å². The smallest absolute Gasteiger partial charge is 0.744 e. The maximum absolute atomic E-state index is 11.0. The molecule has 0 spiro atoms. The van der Waals surface area contributed by atoms with E-state index in [9.17, 15) is 36.2 Å². The summed E-state index contributed by atoms with van der Waals surface area (Å²) < 4.78 is 65.7. The van der Waals surface area contributed by atoms with Crippen LogP contribution in [0.1, 0.15) is 0 Å². The Morgan fingerprint density at radius 3 is 1.12 bits per heavy atom. The van der Waals surface area contributed by atoms with Crippen LogP contribution in [-0.2, 0) is 20.2 Å². The summed E-state index contributed by atoms with van der Waals surface area (Å²) in [5.74, 6) is -1.02. The van der Waals surface area contributed by atoms with Crippen LogP contribution in [0.3, 0.4) is 0 Å². The summed E-state index contributed by atoms with van der Waals surface area (Å²) in [4.78, 5) is -1.11. The molecule has 4 rings (SSSR count). The first-order valence-electron chi connectivity index (χ1n) is 8.33. The van der Waals surface area contributed by atoms with Crippen LogP contribution in [0.2, 0.25) is 0 Å². The third-order valence-corrected chi connectivity index (χ3v) is 6.08. The SMILES string of the molecule is O.O.O.O=S(=O)([O-])c1c(O)ccc2ccccc12.O=S(=O)([O-])c1c(O)ccc2ccccc12.[Ca+2]. The van der Waals surface area contributed by atoms with Gasteiger partial charge in [0.2, 0.25) is 0 Å². The van der Waals surface area contributed by atoms with Crippen LogP contribution in [0.5, 0.6) is 11.5 Å². The Kier molecular flexibility index (Phi) is 13.2. The number of fused-ring (bicyclic) bond motifs is 2. The van der Waals surface area contributed by atoms with Gasteiger partial charge in [0.05, 0.1) is 0 Å². The molecule has 8 N–H and O–H groups in total. The predicted molar refractivity (Wildman–Crippen MR) is 124 cm³/mol. The van der Waals surface area contributed by atoms with Gasteiger partial charge in [0.25, 0.3) is 0 Å². The second-order valence-electron chi connectivity index (χ2n) is 6.18. The van der Waals surface area contributed by atoms with Crippen molar-refractivity contribution in [2.75, 3.05) is 0 Å². The number of phenolic OH excluding ortho intramolecular Hbond substituents is 2. The minimum Gasteiger partial charge on any atom is -0.744 e. The third kappa shape index (κ3) is 7.48. The molecule has 0 atom stereocenters. The first-order chi connectivity index (χ1) is 14.0. The number of hydrogen-bond acceptors (Lipinski definition) is 8. The van der Waals surface area contributed by atoms with Crippen LogP contribution < -0.4 is 0 Å². The molecule has 4 aromatic carbocycles. The summed E-state index contributed by atoms with van der Waals surface area (Å²) in [5, 5.41) is 20.4. The van der Waals surface area contributed by atoms with Crippen molar-refractivity contribution in [2.24, 2.45) is 0 Å². The first-order valence-corrected chi connectivity index (χ1v) is 11.1. The minimum absolute atomic E-state index is 0. The predicted octanol–water partition coefficient (Wildman–Crippen LogP) is 0.0441. The van der Waals surface area contributed by atoms with Crippen LogP contribution in [0.25, 0.3) is 21.5 Å². The van der Waals surface area contributed by atoms with E-state index < -0.39 is 41.5 Å². The molecule has 0 heterocycles. The Bertz CT molecular complexity index is 1360. The van der Waals surface area contributed by atoms with Gasteiger partial charge < -0.3 is 35.7 Å². The van der Waals surface area contributed by atoms with Gasteiger partial charge in [-0.05, 0) is 22.9 Å². The van der Waals surface area contributed by atoms with Crippen molar-refractivity contribution < 1.29 is 52.6 Å². The van der Waals surface area contributed by atoms with Crippen molar-refractivity contribution in [3.63, 3.8) is 0 Å². The minimum atomic E-state index is -4.66. The average molecular weight is 541 g/mol. The normalized spacial score (nSPS) is 10.4. The zero-order valence-corrected chi connectivity index (χ0v) is 21.1. The molecule has 14 heteroatoms. The quantitative estimate of drug-likeness (QED) is 0.259. The maximum Gasteiger partial charge on any atom is 2.00 e. The zero-order chi connectivity index (χ0) is 22.1. The molecule has 0 radical (unpaired) electrons. The van der Waals surface area contributed by atoms with E-state index in [1.807, 2.05) is 0 Å². The molecular formula is C20H20CaO11S2. The van der Waals surface area contributed by atoms with E-state index in [1.54, 1.807) is 48.5 Å². The molecule has 0 saturated heterocycles. The Hall–Kier alpha value is -2.04. The summed E-state index contributed by atoms with van der Waals surface area (Å²) in [6.45, 7) is 0. The topological polar surface area (TPSA) is 249 Å². The molecule has 0 saturated carbocycles. The Labute approximate surface area is 224 Å². The summed E-state index contributed by atoms with van der Waals surface area (Å²) >= 11 is 0. The van der Waals surface area contributed by atoms with Gasteiger partial charge in [-0.2, -0.15) is 0 Å². The van der Waals surface area contributed by atoms with E-state index in [1.165, 1.54) is 24.3 Å². The number of benzene rings is 4. The molecule has 4 aromatic rings. The van der Waals surface area contributed by atoms with Gasteiger partial charge >= 0.3 is 37.7 Å². The first kappa shape index (κ1) is 34.1. The molecule has 0 fully saturated rings. The molecule has 0 unspecified atom stereocenters. The molecule has 0 aromatic heterocycles. The molecule has 180 valence electrons. The summed E-state index contributed by atoms with van der Waals surface area (Å²) in [6, 6.07) is 18.5. The van der Waals surface area contributed by atoms with Gasteiger partial charge in [0.1, 0.15) is 41.5 Å². The van der Waals surface area contributed by atoms with Crippen LogP contribution in [0.15, 0.2) is 82.6 Å². The molecule has 0 aliphatic heterocycles. The second-order valence-corrected chi connectivity index (χ2v) is 8.81. The monoisotopic (exact) mass is 540 g/mol. The fraction of sp³-hybridized carbons (Fsp3) is 0. The van der Waals surface area contributed by atoms with E-state index in [4.69, 9.17) is 0 Å². The fourth-order valence-corrected chi connectivity index (χ4v) is 4.55. The van der Waals surface area contributed by atoms with E-state index >= 15 is 0 Å². The van der Waals surface area contributed by atoms with Crippen molar-refractivity contribution in [3.05, 3.63) is 72.8 Å². The molecule has 0 aliphatic rings. The second kappa shape index (κ2) is 13.2. The van der Waals surface area contributed by atoms with Crippen molar-refractivity contribution in [2.45, 2.75) is 9.79 Å². The largest absolute Gasteiger partial charge is 2.00 e. The van der Waals surface area contributed by atoms with E-state index in [-0.39, 0.29) is 64.9 Å². The zero-order valence-electron chi connectivity index (χ0n) is 17.3. The van der Waals surface area contributed by atoms with Crippen molar-refractivity contribution in [1.29, 1.82) is 0 Å². The van der Waals surface area contributed by atoms with Gasteiger partial charge in [0.15, 0.2) is 0 Å². The van der Waals surface area contributed by atoms with Crippen LogP contribution >= 0.6 is 0 Å². The molecule has 0 amide bonds. The molecule has 0 bridgehead atoms. The van der Waals surface area contributed by atoms with Gasteiger partial charge in [-0.15, -0.1) is 0 Å². The summed E-state index contributed by atoms with van der Waals surface area (Å²) in [7, 11) is -9.32. The van der Waals surface area contributed by atoms with Crippen LogP contribution in [-0.4, -0.2) is 90.3 Å². The van der Waals surface area contributed by atoms with Gasteiger partial charge in [-0.3, -0.25) is 0 Å². The Morgan fingerprint density at radius 2 is 0.824 bits per heavy atom. The van der Waals surface area contributed by atoms with Gasteiger partial charge in [0, 0.05) is 10.8 Å². The van der Waals surface area contributed by atoms with E-state index in [0.29, 0.717) is 10.8 Å².